The molecule has 144 valence electrons. The first-order valence-corrected chi connectivity index (χ1v) is 10.5. The van der Waals surface area contributed by atoms with Crippen LogP contribution >= 0.6 is 11.8 Å². The number of aromatic nitrogens is 3. The molecule has 1 aliphatic carbocycles. The maximum atomic E-state index is 12.6. The lowest BCUT2D eigenvalue weighted by Crippen LogP contribution is -2.31. The molecule has 0 radical (unpaired) electrons. The summed E-state index contributed by atoms with van der Waals surface area (Å²) < 4.78 is 1.94. The number of nitrogens with zero attached hydrogens (tertiary/aromatic N) is 3. The molecule has 0 spiro atoms. The zero-order valence-electron chi connectivity index (χ0n) is 16.1. The highest BCUT2D eigenvalue weighted by molar-refractivity contribution is 7.99. The smallest absolute Gasteiger partial charge is 0.230 e. The molecule has 4 rings (SSSR count). The third kappa shape index (κ3) is 4.28. The van der Waals surface area contributed by atoms with Gasteiger partial charge in [0.2, 0.25) is 5.91 Å². The standard InChI is InChI=1S/C22H24N4OS/c1-15-8-10-18(11-9-15)21-24-25-22(26(21)2)28-14-19(27)23-20(17-12-13-17)16-6-4-3-5-7-16/h3-11,17,20H,12-14H2,1-2H3,(H,23,27). The van der Waals surface area contributed by atoms with Crippen molar-refractivity contribution in [1.29, 1.82) is 0 Å². The van der Waals surface area contributed by atoms with Crippen LogP contribution in [0.15, 0.2) is 59.8 Å². The number of thioether (sulfide) groups is 1. The van der Waals surface area contributed by atoms with Crippen molar-refractivity contribution in [2.45, 2.75) is 31.0 Å². The van der Waals surface area contributed by atoms with Crippen LogP contribution in [0.3, 0.4) is 0 Å². The van der Waals surface area contributed by atoms with Crippen LogP contribution in [0.2, 0.25) is 0 Å². The lowest BCUT2D eigenvalue weighted by Gasteiger charge is -2.18. The average Bonchev–Trinajstić information content (AvgIpc) is 3.49. The number of hydrogen-bond donors (Lipinski definition) is 1. The molecular weight excluding hydrogens is 368 g/mol. The minimum absolute atomic E-state index is 0.0330. The Hall–Kier alpha value is -2.60. The molecule has 1 N–H and O–H groups in total. The molecule has 28 heavy (non-hydrogen) atoms. The van der Waals surface area contributed by atoms with E-state index in [1.807, 2.05) is 41.9 Å². The summed E-state index contributed by atoms with van der Waals surface area (Å²) in [7, 11) is 1.94. The first kappa shape index (κ1) is 18.7. The molecule has 1 unspecified atom stereocenters. The second kappa shape index (κ2) is 8.19. The van der Waals surface area contributed by atoms with Gasteiger partial charge in [0, 0.05) is 12.6 Å². The molecule has 0 saturated heterocycles. The van der Waals surface area contributed by atoms with Crippen molar-refractivity contribution in [3.63, 3.8) is 0 Å². The summed E-state index contributed by atoms with van der Waals surface area (Å²) in [6, 6.07) is 18.6. The fraction of sp³-hybridized carbons (Fsp3) is 0.318. The predicted octanol–water partition coefficient (Wildman–Crippen LogP) is 4.15. The third-order valence-electron chi connectivity index (χ3n) is 5.05. The van der Waals surface area contributed by atoms with Gasteiger partial charge in [-0.1, -0.05) is 71.9 Å². The van der Waals surface area contributed by atoms with Crippen molar-refractivity contribution in [3.8, 4) is 11.4 Å². The van der Waals surface area contributed by atoms with E-state index in [0.29, 0.717) is 11.7 Å². The van der Waals surface area contributed by atoms with Crippen LogP contribution in [0.1, 0.15) is 30.0 Å². The van der Waals surface area contributed by atoms with E-state index in [4.69, 9.17) is 0 Å². The number of aryl methyl sites for hydroxylation is 1. The van der Waals surface area contributed by atoms with Crippen LogP contribution in [0, 0.1) is 12.8 Å². The zero-order valence-corrected chi connectivity index (χ0v) is 16.9. The van der Waals surface area contributed by atoms with E-state index < -0.39 is 0 Å². The lowest BCUT2D eigenvalue weighted by atomic mass is 10.0. The van der Waals surface area contributed by atoms with E-state index in [2.05, 4.69) is 46.7 Å². The highest BCUT2D eigenvalue weighted by atomic mass is 32.2. The van der Waals surface area contributed by atoms with E-state index >= 15 is 0 Å². The SMILES string of the molecule is Cc1ccc(-c2nnc(SCC(=O)NC(c3ccccc3)C3CC3)n2C)cc1. The molecular formula is C22H24N4OS. The highest BCUT2D eigenvalue weighted by Gasteiger charge is 2.33. The molecule has 1 saturated carbocycles. The molecule has 2 aromatic carbocycles. The first-order valence-electron chi connectivity index (χ1n) is 9.55. The van der Waals surface area contributed by atoms with Gasteiger partial charge in [-0.15, -0.1) is 10.2 Å². The monoisotopic (exact) mass is 392 g/mol. The number of carbonyl (C=O) groups excluding carboxylic acids is 1. The van der Waals surface area contributed by atoms with Gasteiger partial charge in [-0.3, -0.25) is 4.79 Å². The van der Waals surface area contributed by atoms with Gasteiger partial charge in [-0.25, -0.2) is 0 Å². The van der Waals surface area contributed by atoms with Crippen molar-refractivity contribution in [1.82, 2.24) is 20.1 Å². The third-order valence-corrected chi connectivity index (χ3v) is 6.07. The summed E-state index contributed by atoms with van der Waals surface area (Å²) in [4.78, 5) is 12.6. The predicted molar refractivity (Wildman–Crippen MR) is 112 cm³/mol. The Balaban J connectivity index is 1.39. The maximum absolute atomic E-state index is 12.6. The molecule has 1 aliphatic rings. The fourth-order valence-electron chi connectivity index (χ4n) is 3.30. The van der Waals surface area contributed by atoms with Crippen molar-refractivity contribution in [2.24, 2.45) is 13.0 Å². The molecule has 1 aromatic heterocycles. The zero-order chi connectivity index (χ0) is 19.5. The lowest BCUT2D eigenvalue weighted by molar-refractivity contribution is -0.119. The van der Waals surface area contributed by atoms with Crippen molar-refractivity contribution >= 4 is 17.7 Å². The van der Waals surface area contributed by atoms with Crippen LogP contribution in [-0.2, 0) is 11.8 Å². The van der Waals surface area contributed by atoms with Crippen LogP contribution < -0.4 is 5.32 Å². The second-order valence-corrected chi connectivity index (χ2v) is 8.26. The molecule has 1 heterocycles. The summed E-state index contributed by atoms with van der Waals surface area (Å²) in [5.74, 6) is 1.73. The van der Waals surface area contributed by atoms with Crippen LogP contribution in [-0.4, -0.2) is 26.4 Å². The topological polar surface area (TPSA) is 59.8 Å². The number of nitrogens with one attached hydrogen (secondary N) is 1. The number of carbonyl (C=O) groups is 1. The molecule has 0 bridgehead atoms. The van der Waals surface area contributed by atoms with Crippen molar-refractivity contribution in [3.05, 3.63) is 65.7 Å². The quantitative estimate of drug-likeness (QED) is 0.614. The van der Waals surface area contributed by atoms with Gasteiger partial charge in [-0.2, -0.15) is 0 Å². The Bertz CT molecular complexity index is 948. The molecule has 1 atom stereocenters. The van der Waals surface area contributed by atoms with Gasteiger partial charge in [-0.05, 0) is 31.2 Å². The molecule has 6 heteroatoms. The van der Waals surface area contributed by atoms with Gasteiger partial charge in [0.25, 0.3) is 0 Å². The summed E-state index contributed by atoms with van der Waals surface area (Å²) in [6.07, 6.45) is 2.35. The van der Waals surface area contributed by atoms with Crippen LogP contribution in [0.25, 0.3) is 11.4 Å². The van der Waals surface area contributed by atoms with Gasteiger partial charge in [0.05, 0.1) is 11.8 Å². The van der Waals surface area contributed by atoms with Gasteiger partial charge < -0.3 is 9.88 Å². The summed E-state index contributed by atoms with van der Waals surface area (Å²) in [5, 5.41) is 12.5. The number of rotatable bonds is 7. The minimum Gasteiger partial charge on any atom is -0.348 e. The largest absolute Gasteiger partial charge is 0.348 e. The molecule has 1 fully saturated rings. The van der Waals surface area contributed by atoms with E-state index in [1.165, 1.54) is 35.7 Å². The Kier molecular flexibility index (Phi) is 5.48. The van der Waals surface area contributed by atoms with E-state index in [0.717, 1.165) is 16.5 Å². The Morgan fingerprint density at radius 2 is 1.86 bits per heavy atom. The number of hydrogen-bond acceptors (Lipinski definition) is 4. The minimum atomic E-state index is 0.0330. The Morgan fingerprint density at radius 3 is 2.54 bits per heavy atom. The molecule has 5 nitrogen and oxygen atoms in total. The summed E-state index contributed by atoms with van der Waals surface area (Å²) in [5.41, 5.74) is 3.42. The van der Waals surface area contributed by atoms with E-state index in [-0.39, 0.29) is 11.9 Å². The average molecular weight is 393 g/mol. The van der Waals surface area contributed by atoms with Crippen molar-refractivity contribution in [2.75, 3.05) is 5.75 Å². The second-order valence-electron chi connectivity index (χ2n) is 7.31. The van der Waals surface area contributed by atoms with Crippen LogP contribution in [0.4, 0.5) is 0 Å². The Morgan fingerprint density at radius 1 is 1.14 bits per heavy atom. The van der Waals surface area contributed by atoms with Gasteiger partial charge in [0.15, 0.2) is 11.0 Å². The summed E-state index contributed by atoms with van der Waals surface area (Å²) in [6.45, 7) is 2.06. The first-order chi connectivity index (χ1) is 13.6. The fourth-order valence-corrected chi connectivity index (χ4v) is 4.03. The molecule has 0 aliphatic heterocycles. The summed E-state index contributed by atoms with van der Waals surface area (Å²) >= 11 is 1.42. The Labute approximate surface area is 169 Å². The molecule has 3 aromatic rings. The molecule has 1 amide bonds. The highest BCUT2D eigenvalue weighted by Crippen LogP contribution is 2.41. The van der Waals surface area contributed by atoms with E-state index in [9.17, 15) is 4.79 Å². The van der Waals surface area contributed by atoms with Crippen LogP contribution in [0.5, 0.6) is 0 Å². The number of benzene rings is 2. The number of amides is 1. The maximum Gasteiger partial charge on any atom is 0.230 e. The van der Waals surface area contributed by atoms with Crippen molar-refractivity contribution < 1.29 is 4.79 Å². The normalized spacial score (nSPS) is 14.6. The van der Waals surface area contributed by atoms with Gasteiger partial charge >= 0.3 is 0 Å². The van der Waals surface area contributed by atoms with E-state index in [1.54, 1.807) is 0 Å². The van der Waals surface area contributed by atoms with Gasteiger partial charge in [0.1, 0.15) is 0 Å².